The van der Waals surface area contributed by atoms with Crippen molar-refractivity contribution in [1.29, 1.82) is 0 Å². The minimum atomic E-state index is 0.632. The van der Waals surface area contributed by atoms with Crippen molar-refractivity contribution in [2.45, 2.75) is 25.8 Å². The van der Waals surface area contributed by atoms with Crippen molar-refractivity contribution in [3.8, 4) is 0 Å². The monoisotopic (exact) mass is 149 g/mol. The summed E-state index contributed by atoms with van der Waals surface area (Å²) in [6, 6.07) is 0.632. The van der Waals surface area contributed by atoms with Gasteiger partial charge in [0, 0.05) is 6.04 Å². The first kappa shape index (κ1) is 7.11. The minimum Gasteiger partial charge on any atom is -0.310 e. The van der Waals surface area contributed by atoms with Gasteiger partial charge in [0.25, 0.3) is 0 Å². The standard InChI is InChI=1S/C10H15N/c1-8-4-5-10-9(7-8)3-2-6-11-10/h4-5,7,9-11H,2-3,6H2,1H3. The van der Waals surface area contributed by atoms with Crippen LogP contribution in [0.3, 0.4) is 0 Å². The highest BCUT2D eigenvalue weighted by molar-refractivity contribution is 5.26. The van der Waals surface area contributed by atoms with E-state index < -0.39 is 0 Å². The van der Waals surface area contributed by atoms with Gasteiger partial charge in [0.1, 0.15) is 0 Å². The largest absolute Gasteiger partial charge is 0.310 e. The molecule has 0 amide bonds. The Morgan fingerprint density at radius 3 is 3.36 bits per heavy atom. The Bertz CT molecular complexity index is 203. The average molecular weight is 149 g/mol. The van der Waals surface area contributed by atoms with Crippen LogP contribution in [-0.2, 0) is 0 Å². The number of hydrogen-bond acceptors (Lipinski definition) is 1. The van der Waals surface area contributed by atoms with Gasteiger partial charge < -0.3 is 5.32 Å². The van der Waals surface area contributed by atoms with E-state index in [-0.39, 0.29) is 0 Å². The molecular formula is C10H15N. The Kier molecular flexibility index (Phi) is 1.82. The van der Waals surface area contributed by atoms with Crippen LogP contribution in [0.25, 0.3) is 0 Å². The molecule has 1 fully saturated rings. The van der Waals surface area contributed by atoms with Gasteiger partial charge >= 0.3 is 0 Å². The Labute approximate surface area is 68.2 Å². The fourth-order valence-corrected chi connectivity index (χ4v) is 1.98. The molecule has 0 saturated carbocycles. The summed E-state index contributed by atoms with van der Waals surface area (Å²) in [4.78, 5) is 0. The van der Waals surface area contributed by atoms with Crippen LogP contribution in [0.4, 0.5) is 0 Å². The molecule has 0 aromatic rings. The molecule has 1 heterocycles. The lowest BCUT2D eigenvalue weighted by Crippen LogP contribution is -2.40. The Morgan fingerprint density at radius 2 is 2.45 bits per heavy atom. The minimum absolute atomic E-state index is 0.632. The lowest BCUT2D eigenvalue weighted by molar-refractivity contribution is 0.371. The summed E-state index contributed by atoms with van der Waals surface area (Å²) in [6.45, 7) is 3.37. The van der Waals surface area contributed by atoms with E-state index in [4.69, 9.17) is 0 Å². The molecule has 2 unspecified atom stereocenters. The number of hydrogen-bond donors (Lipinski definition) is 1. The summed E-state index contributed by atoms with van der Waals surface area (Å²) in [7, 11) is 0. The summed E-state index contributed by atoms with van der Waals surface area (Å²) in [5, 5.41) is 3.51. The molecule has 2 aliphatic rings. The maximum absolute atomic E-state index is 3.51. The van der Waals surface area contributed by atoms with Crippen molar-refractivity contribution in [1.82, 2.24) is 5.32 Å². The summed E-state index contributed by atoms with van der Waals surface area (Å²) < 4.78 is 0. The van der Waals surface area contributed by atoms with Crippen LogP contribution < -0.4 is 5.32 Å². The third-order valence-electron chi connectivity index (χ3n) is 2.60. The van der Waals surface area contributed by atoms with Crippen LogP contribution in [0.1, 0.15) is 19.8 Å². The van der Waals surface area contributed by atoms with E-state index >= 15 is 0 Å². The van der Waals surface area contributed by atoms with Gasteiger partial charge in [0.05, 0.1) is 0 Å². The molecule has 0 spiro atoms. The van der Waals surface area contributed by atoms with Gasteiger partial charge in [-0.05, 0) is 32.2 Å². The van der Waals surface area contributed by atoms with Gasteiger partial charge in [-0.25, -0.2) is 0 Å². The second-order valence-electron chi connectivity index (χ2n) is 3.56. The first-order valence-electron chi connectivity index (χ1n) is 4.46. The highest BCUT2D eigenvalue weighted by Crippen LogP contribution is 2.24. The summed E-state index contributed by atoms with van der Waals surface area (Å²) in [5.74, 6) is 0.772. The number of fused-ring (bicyclic) bond motifs is 1. The molecule has 0 aromatic carbocycles. The van der Waals surface area contributed by atoms with E-state index in [2.05, 4.69) is 30.5 Å². The van der Waals surface area contributed by atoms with Crippen LogP contribution in [0.15, 0.2) is 23.8 Å². The molecular weight excluding hydrogens is 134 g/mol. The fourth-order valence-electron chi connectivity index (χ4n) is 1.98. The fraction of sp³-hybridized carbons (Fsp3) is 0.600. The Balaban J connectivity index is 2.13. The molecule has 60 valence electrons. The maximum Gasteiger partial charge on any atom is 0.0316 e. The average Bonchev–Trinajstić information content (AvgIpc) is 2.04. The zero-order chi connectivity index (χ0) is 7.68. The third-order valence-corrected chi connectivity index (χ3v) is 2.60. The number of allylic oxidation sites excluding steroid dienone is 2. The lowest BCUT2D eigenvalue weighted by Gasteiger charge is -2.31. The van der Waals surface area contributed by atoms with Crippen molar-refractivity contribution in [2.24, 2.45) is 5.92 Å². The molecule has 0 radical (unpaired) electrons. The van der Waals surface area contributed by atoms with Gasteiger partial charge in [0.15, 0.2) is 0 Å². The van der Waals surface area contributed by atoms with Gasteiger partial charge in [-0.1, -0.05) is 23.8 Å². The SMILES string of the molecule is CC1=CC2CCCNC2C=C1. The molecule has 0 aromatic heterocycles. The molecule has 1 aliphatic carbocycles. The van der Waals surface area contributed by atoms with Crippen LogP contribution in [0.2, 0.25) is 0 Å². The second kappa shape index (κ2) is 2.82. The van der Waals surface area contributed by atoms with Crippen molar-refractivity contribution in [3.05, 3.63) is 23.8 Å². The van der Waals surface area contributed by atoms with Crippen LogP contribution in [-0.4, -0.2) is 12.6 Å². The number of rotatable bonds is 0. The molecule has 1 nitrogen and oxygen atoms in total. The number of piperidine rings is 1. The maximum atomic E-state index is 3.51. The third kappa shape index (κ3) is 1.38. The number of nitrogens with one attached hydrogen (secondary N) is 1. The van der Waals surface area contributed by atoms with Gasteiger partial charge in [0.2, 0.25) is 0 Å². The van der Waals surface area contributed by atoms with Crippen molar-refractivity contribution < 1.29 is 0 Å². The summed E-state index contributed by atoms with van der Waals surface area (Å²) in [5.41, 5.74) is 1.43. The van der Waals surface area contributed by atoms with Crippen molar-refractivity contribution in [3.63, 3.8) is 0 Å². The van der Waals surface area contributed by atoms with E-state index in [1.54, 1.807) is 0 Å². The predicted octanol–water partition coefficient (Wildman–Crippen LogP) is 1.87. The molecule has 1 aliphatic heterocycles. The summed E-state index contributed by atoms with van der Waals surface area (Å²) >= 11 is 0. The van der Waals surface area contributed by atoms with Crippen LogP contribution >= 0.6 is 0 Å². The first-order chi connectivity index (χ1) is 5.36. The molecule has 11 heavy (non-hydrogen) atoms. The van der Waals surface area contributed by atoms with E-state index in [1.165, 1.54) is 25.0 Å². The van der Waals surface area contributed by atoms with E-state index in [0.717, 1.165) is 5.92 Å². The zero-order valence-corrected chi connectivity index (χ0v) is 7.01. The van der Waals surface area contributed by atoms with Crippen LogP contribution in [0.5, 0.6) is 0 Å². The second-order valence-corrected chi connectivity index (χ2v) is 3.56. The zero-order valence-electron chi connectivity index (χ0n) is 7.01. The Morgan fingerprint density at radius 1 is 1.55 bits per heavy atom. The molecule has 2 atom stereocenters. The summed E-state index contributed by atoms with van der Waals surface area (Å²) in [6.07, 6.45) is 9.62. The lowest BCUT2D eigenvalue weighted by atomic mass is 9.86. The van der Waals surface area contributed by atoms with Crippen LogP contribution in [0, 0.1) is 5.92 Å². The highest BCUT2D eigenvalue weighted by Gasteiger charge is 2.22. The van der Waals surface area contributed by atoms with E-state index in [1.807, 2.05) is 0 Å². The quantitative estimate of drug-likeness (QED) is 0.554. The topological polar surface area (TPSA) is 12.0 Å². The van der Waals surface area contributed by atoms with Crippen molar-refractivity contribution in [2.75, 3.05) is 6.54 Å². The molecule has 1 heteroatoms. The normalized spacial score (nSPS) is 36.3. The van der Waals surface area contributed by atoms with E-state index in [0.29, 0.717) is 6.04 Å². The first-order valence-corrected chi connectivity index (χ1v) is 4.46. The molecule has 0 bridgehead atoms. The van der Waals surface area contributed by atoms with Gasteiger partial charge in [-0.3, -0.25) is 0 Å². The van der Waals surface area contributed by atoms with Gasteiger partial charge in [-0.2, -0.15) is 0 Å². The molecule has 1 N–H and O–H groups in total. The predicted molar refractivity (Wildman–Crippen MR) is 47.4 cm³/mol. The van der Waals surface area contributed by atoms with Gasteiger partial charge in [-0.15, -0.1) is 0 Å². The highest BCUT2D eigenvalue weighted by atomic mass is 14.9. The molecule has 1 saturated heterocycles. The van der Waals surface area contributed by atoms with E-state index in [9.17, 15) is 0 Å². The smallest absolute Gasteiger partial charge is 0.0316 e. The Hall–Kier alpha value is -0.560. The van der Waals surface area contributed by atoms with Crippen molar-refractivity contribution >= 4 is 0 Å². The molecule has 2 rings (SSSR count).